The first kappa shape index (κ1) is 8.37. The smallest absolute Gasteiger partial charge is 0.373 e. The number of rotatable bonds is 1. The van der Waals surface area contributed by atoms with E-state index in [0.29, 0.717) is 4.96 Å². The van der Waals surface area contributed by atoms with E-state index in [9.17, 15) is 4.79 Å². The Kier molecular flexibility index (Phi) is 1.54. The Morgan fingerprint density at radius 2 is 2.20 bits per heavy atom. The fourth-order valence-corrected chi connectivity index (χ4v) is 2.26. The molecule has 0 aliphatic carbocycles. The summed E-state index contributed by atoms with van der Waals surface area (Å²) in [7, 11) is 0. The second-order valence-electron chi connectivity index (χ2n) is 3.03. The van der Waals surface area contributed by atoms with Crippen molar-refractivity contribution in [3.8, 4) is 0 Å². The molecule has 0 aliphatic rings. The summed E-state index contributed by atoms with van der Waals surface area (Å²) in [4.78, 5) is 15.8. The first-order chi connectivity index (χ1) is 7.27. The van der Waals surface area contributed by atoms with E-state index in [1.165, 1.54) is 0 Å². The lowest BCUT2D eigenvalue weighted by molar-refractivity contribution is 0.0684. The minimum absolute atomic E-state index is 0.0173. The maximum atomic E-state index is 10.9. The molecule has 0 aliphatic heterocycles. The van der Waals surface area contributed by atoms with Gasteiger partial charge in [-0.15, -0.1) is 0 Å². The number of para-hydroxylation sites is 2. The molecule has 1 N–H and O–H groups in total. The standard InChI is InChI=1S/C9H5N3O2S/c13-8(14)7-11-15-9-10-5-3-1-2-4-6(5)12(7)9/h1-4H,(H,13,14). The number of aromatic carboxylic acids is 1. The highest BCUT2D eigenvalue weighted by Gasteiger charge is 2.16. The van der Waals surface area contributed by atoms with Crippen LogP contribution in [0.2, 0.25) is 0 Å². The molecule has 5 nitrogen and oxygen atoms in total. The van der Waals surface area contributed by atoms with Gasteiger partial charge in [-0.3, -0.25) is 4.40 Å². The molecule has 0 spiro atoms. The highest BCUT2D eigenvalue weighted by atomic mass is 32.1. The van der Waals surface area contributed by atoms with Crippen LogP contribution >= 0.6 is 11.5 Å². The molecule has 3 rings (SSSR count). The lowest BCUT2D eigenvalue weighted by Gasteiger charge is -1.91. The largest absolute Gasteiger partial charge is 0.475 e. The average molecular weight is 219 g/mol. The zero-order valence-electron chi connectivity index (χ0n) is 7.41. The Morgan fingerprint density at radius 1 is 1.40 bits per heavy atom. The topological polar surface area (TPSA) is 67.5 Å². The summed E-state index contributed by atoms with van der Waals surface area (Å²) in [5.74, 6) is -1.02. The van der Waals surface area contributed by atoms with Crippen LogP contribution in [0.5, 0.6) is 0 Å². The van der Waals surface area contributed by atoms with Crippen LogP contribution in [-0.4, -0.2) is 24.8 Å². The quantitative estimate of drug-likeness (QED) is 0.675. The number of carboxylic acid groups (broad SMARTS) is 1. The molecule has 0 radical (unpaired) electrons. The summed E-state index contributed by atoms with van der Waals surface area (Å²) < 4.78 is 5.41. The van der Waals surface area contributed by atoms with Gasteiger partial charge < -0.3 is 5.11 Å². The van der Waals surface area contributed by atoms with Gasteiger partial charge in [0.2, 0.25) is 10.8 Å². The molecule has 0 saturated carbocycles. The summed E-state index contributed by atoms with van der Waals surface area (Å²) in [5.41, 5.74) is 1.56. The lowest BCUT2D eigenvalue weighted by atomic mass is 10.3. The van der Waals surface area contributed by atoms with Crippen LogP contribution in [0.15, 0.2) is 24.3 Å². The summed E-state index contributed by atoms with van der Waals surface area (Å²) >= 11 is 1.09. The van der Waals surface area contributed by atoms with Crippen LogP contribution in [-0.2, 0) is 0 Å². The molecule has 2 heterocycles. The highest BCUT2D eigenvalue weighted by Crippen LogP contribution is 2.20. The van der Waals surface area contributed by atoms with Crippen LogP contribution < -0.4 is 0 Å². The number of aromatic nitrogens is 3. The fraction of sp³-hybridized carbons (Fsp3) is 0. The van der Waals surface area contributed by atoms with Gasteiger partial charge >= 0.3 is 5.97 Å². The first-order valence-electron chi connectivity index (χ1n) is 4.23. The minimum Gasteiger partial charge on any atom is -0.475 e. The molecular formula is C9H5N3O2S. The molecule has 0 unspecified atom stereocenters. The SMILES string of the molecule is O=C(O)c1nsc2nc3ccccc3n12. The van der Waals surface area contributed by atoms with Crippen LogP contribution in [0.25, 0.3) is 16.0 Å². The van der Waals surface area contributed by atoms with E-state index in [1.54, 1.807) is 4.40 Å². The van der Waals surface area contributed by atoms with Crippen molar-refractivity contribution in [2.45, 2.75) is 0 Å². The Hall–Kier alpha value is -1.95. The van der Waals surface area contributed by atoms with Crippen molar-refractivity contribution in [1.82, 2.24) is 13.8 Å². The zero-order valence-corrected chi connectivity index (χ0v) is 8.23. The summed E-state index contributed by atoms with van der Waals surface area (Å²) in [5, 5.41) is 8.95. The summed E-state index contributed by atoms with van der Waals surface area (Å²) in [6, 6.07) is 7.39. The van der Waals surface area contributed by atoms with E-state index in [-0.39, 0.29) is 5.82 Å². The summed E-state index contributed by atoms with van der Waals surface area (Å²) in [6.45, 7) is 0. The third-order valence-corrected chi connectivity index (χ3v) is 2.85. The second-order valence-corrected chi connectivity index (χ2v) is 3.76. The maximum Gasteiger partial charge on any atom is 0.373 e. The molecule has 6 heteroatoms. The molecule has 0 saturated heterocycles. The van der Waals surface area contributed by atoms with Crippen LogP contribution in [0.3, 0.4) is 0 Å². The number of fused-ring (bicyclic) bond motifs is 3. The van der Waals surface area contributed by atoms with Crippen molar-refractivity contribution in [3.05, 3.63) is 30.1 Å². The van der Waals surface area contributed by atoms with Crippen molar-refractivity contribution in [2.24, 2.45) is 0 Å². The van der Waals surface area contributed by atoms with Gasteiger partial charge in [-0.1, -0.05) is 12.1 Å². The van der Waals surface area contributed by atoms with Gasteiger partial charge in [-0.2, -0.15) is 4.37 Å². The van der Waals surface area contributed by atoms with Crippen LogP contribution in [0.4, 0.5) is 0 Å². The van der Waals surface area contributed by atoms with E-state index >= 15 is 0 Å². The van der Waals surface area contributed by atoms with Crippen molar-refractivity contribution in [2.75, 3.05) is 0 Å². The predicted molar refractivity (Wildman–Crippen MR) is 55.3 cm³/mol. The lowest BCUT2D eigenvalue weighted by Crippen LogP contribution is -2.02. The van der Waals surface area contributed by atoms with Crippen LogP contribution in [0, 0.1) is 0 Å². The summed E-state index contributed by atoms with van der Waals surface area (Å²) in [6.07, 6.45) is 0. The van der Waals surface area contributed by atoms with Gasteiger partial charge in [0.25, 0.3) is 0 Å². The molecule has 0 bridgehead atoms. The molecule has 74 valence electrons. The zero-order chi connectivity index (χ0) is 10.4. The molecule has 2 aromatic heterocycles. The molecular weight excluding hydrogens is 214 g/mol. The molecule has 0 fully saturated rings. The van der Waals surface area contributed by atoms with Gasteiger partial charge in [0.1, 0.15) is 0 Å². The van der Waals surface area contributed by atoms with E-state index in [2.05, 4.69) is 9.36 Å². The van der Waals surface area contributed by atoms with Gasteiger partial charge in [-0.25, -0.2) is 9.78 Å². The third kappa shape index (κ3) is 1.05. The Bertz CT molecular complexity index is 670. The first-order valence-corrected chi connectivity index (χ1v) is 5.01. The Balaban J connectivity index is 2.54. The third-order valence-electron chi connectivity index (χ3n) is 2.15. The van der Waals surface area contributed by atoms with E-state index < -0.39 is 5.97 Å². The van der Waals surface area contributed by atoms with Crippen molar-refractivity contribution in [3.63, 3.8) is 0 Å². The minimum atomic E-state index is -1.04. The van der Waals surface area contributed by atoms with Crippen molar-refractivity contribution >= 4 is 33.5 Å². The fourth-order valence-electron chi connectivity index (χ4n) is 1.53. The average Bonchev–Trinajstić information content (AvgIpc) is 2.74. The van der Waals surface area contributed by atoms with Gasteiger partial charge in [0.15, 0.2) is 0 Å². The Labute approximate surface area is 87.8 Å². The number of benzene rings is 1. The number of nitrogens with zero attached hydrogens (tertiary/aromatic N) is 3. The van der Waals surface area contributed by atoms with Crippen LogP contribution in [0.1, 0.15) is 10.6 Å². The number of hydrogen-bond donors (Lipinski definition) is 1. The number of imidazole rings is 1. The normalized spacial score (nSPS) is 11.2. The Morgan fingerprint density at radius 3 is 3.00 bits per heavy atom. The van der Waals surface area contributed by atoms with Crippen molar-refractivity contribution in [1.29, 1.82) is 0 Å². The second kappa shape index (κ2) is 2.77. The van der Waals surface area contributed by atoms with E-state index in [1.807, 2.05) is 24.3 Å². The molecule has 15 heavy (non-hydrogen) atoms. The van der Waals surface area contributed by atoms with Crippen molar-refractivity contribution < 1.29 is 9.90 Å². The monoisotopic (exact) mass is 219 g/mol. The highest BCUT2D eigenvalue weighted by molar-refractivity contribution is 7.11. The number of carbonyl (C=O) groups is 1. The molecule has 0 atom stereocenters. The predicted octanol–water partition coefficient (Wildman–Crippen LogP) is 1.64. The molecule has 3 aromatic rings. The number of carboxylic acids is 1. The molecule has 1 aromatic carbocycles. The maximum absolute atomic E-state index is 10.9. The van der Waals surface area contributed by atoms with Gasteiger partial charge in [0.05, 0.1) is 11.0 Å². The van der Waals surface area contributed by atoms with Gasteiger partial charge in [-0.05, 0) is 12.1 Å². The van der Waals surface area contributed by atoms with Gasteiger partial charge in [0, 0.05) is 11.5 Å². The van der Waals surface area contributed by atoms with E-state index in [0.717, 1.165) is 22.6 Å². The van der Waals surface area contributed by atoms with E-state index in [4.69, 9.17) is 5.11 Å². The number of hydrogen-bond acceptors (Lipinski definition) is 4. The molecule has 0 amide bonds.